The van der Waals surface area contributed by atoms with Crippen LogP contribution in [0.15, 0.2) is 27.2 Å². The lowest BCUT2D eigenvalue weighted by Crippen LogP contribution is -2.01. The van der Waals surface area contributed by atoms with Crippen LogP contribution in [0.5, 0.6) is 0 Å². The quantitative estimate of drug-likeness (QED) is 0.942. The molecule has 0 aliphatic rings. The van der Waals surface area contributed by atoms with Crippen molar-refractivity contribution in [2.75, 3.05) is 0 Å². The summed E-state index contributed by atoms with van der Waals surface area (Å²) in [5.41, 5.74) is 0.544. The molecule has 6 heteroatoms. The van der Waals surface area contributed by atoms with Gasteiger partial charge >= 0.3 is 0 Å². The molecule has 1 aromatic heterocycles. The van der Waals surface area contributed by atoms with Crippen molar-refractivity contribution in [3.63, 3.8) is 0 Å². The molecule has 0 amide bonds. The minimum Gasteiger partial charge on any atom is -0.393 e. The highest BCUT2D eigenvalue weighted by Crippen LogP contribution is 2.26. The molecule has 0 aliphatic heterocycles. The van der Waals surface area contributed by atoms with E-state index in [-0.39, 0.29) is 5.82 Å². The molecular weight excluding hydrogens is 303 g/mol. The number of aliphatic hydroxyl groups is 1. The second-order valence-corrected chi connectivity index (χ2v) is 4.88. The van der Waals surface area contributed by atoms with Crippen LogP contribution in [0.2, 0.25) is 0 Å². The van der Waals surface area contributed by atoms with E-state index >= 15 is 0 Å². The second kappa shape index (κ2) is 5.58. The fourth-order valence-electron chi connectivity index (χ4n) is 1.47. The smallest absolute Gasteiger partial charge is 0.227 e. The van der Waals surface area contributed by atoms with Gasteiger partial charge in [0.1, 0.15) is 5.82 Å². The predicted octanol–water partition coefficient (Wildman–Crippen LogP) is 2.95. The predicted molar refractivity (Wildman–Crippen MR) is 67.4 cm³/mol. The first-order valence-corrected chi connectivity index (χ1v) is 6.31. The molecule has 1 atom stereocenters. The van der Waals surface area contributed by atoms with Crippen molar-refractivity contribution < 1.29 is 14.0 Å². The van der Waals surface area contributed by atoms with Gasteiger partial charge in [-0.3, -0.25) is 0 Å². The first-order chi connectivity index (χ1) is 8.56. The fourth-order valence-corrected chi connectivity index (χ4v) is 1.89. The first kappa shape index (κ1) is 13.2. The number of hydrogen-bond donors (Lipinski definition) is 1. The van der Waals surface area contributed by atoms with Crippen molar-refractivity contribution in [1.82, 2.24) is 10.1 Å². The molecule has 0 radical (unpaired) electrons. The Morgan fingerprint density at radius 1 is 1.50 bits per heavy atom. The van der Waals surface area contributed by atoms with Crippen LogP contribution >= 0.6 is 15.9 Å². The maximum Gasteiger partial charge on any atom is 0.227 e. The van der Waals surface area contributed by atoms with Crippen molar-refractivity contribution in [1.29, 1.82) is 0 Å². The molecular formula is C12H12BrFN2O2. The Bertz CT molecular complexity index is 543. The third kappa shape index (κ3) is 3.14. The summed E-state index contributed by atoms with van der Waals surface area (Å²) in [7, 11) is 0. The van der Waals surface area contributed by atoms with Crippen molar-refractivity contribution in [3.05, 3.63) is 34.4 Å². The standard InChI is InChI=1S/C12H12BrFN2O2/c1-7(17)2-5-11-15-12(16-18-11)9-6-8(14)3-4-10(9)13/h3-4,6-7,17H,2,5H2,1H3. The van der Waals surface area contributed by atoms with E-state index in [0.29, 0.717) is 34.6 Å². The SMILES string of the molecule is CC(O)CCc1nc(-c2cc(F)ccc2Br)no1. The Hall–Kier alpha value is -1.27. The Kier molecular flexibility index (Phi) is 4.08. The van der Waals surface area contributed by atoms with Crippen LogP contribution in [-0.2, 0) is 6.42 Å². The molecule has 0 bridgehead atoms. The zero-order valence-electron chi connectivity index (χ0n) is 9.73. The number of rotatable bonds is 4. The van der Waals surface area contributed by atoms with Gasteiger partial charge in [-0.25, -0.2) is 4.39 Å². The van der Waals surface area contributed by atoms with Gasteiger partial charge in [0.05, 0.1) is 6.10 Å². The van der Waals surface area contributed by atoms with E-state index in [4.69, 9.17) is 4.52 Å². The van der Waals surface area contributed by atoms with E-state index in [1.165, 1.54) is 12.1 Å². The summed E-state index contributed by atoms with van der Waals surface area (Å²) in [6.45, 7) is 1.69. The minimum absolute atomic E-state index is 0.335. The lowest BCUT2D eigenvalue weighted by molar-refractivity contribution is 0.180. The molecule has 2 aromatic rings. The molecule has 0 saturated heterocycles. The third-order valence-electron chi connectivity index (χ3n) is 2.41. The first-order valence-electron chi connectivity index (χ1n) is 5.52. The Balaban J connectivity index is 2.21. The average Bonchev–Trinajstić information content (AvgIpc) is 2.78. The van der Waals surface area contributed by atoms with Crippen LogP contribution in [0.3, 0.4) is 0 Å². The van der Waals surface area contributed by atoms with Gasteiger partial charge in [-0.05, 0) is 31.5 Å². The molecule has 0 saturated carbocycles. The normalized spacial score (nSPS) is 12.7. The molecule has 0 aliphatic carbocycles. The van der Waals surface area contributed by atoms with Gasteiger partial charge in [-0.1, -0.05) is 21.1 Å². The number of aliphatic hydroxyl groups excluding tert-OH is 1. The van der Waals surface area contributed by atoms with E-state index < -0.39 is 6.10 Å². The lowest BCUT2D eigenvalue weighted by atomic mass is 10.2. The maximum absolute atomic E-state index is 13.2. The monoisotopic (exact) mass is 314 g/mol. The van der Waals surface area contributed by atoms with E-state index in [9.17, 15) is 9.50 Å². The van der Waals surface area contributed by atoms with Gasteiger partial charge in [0.25, 0.3) is 0 Å². The van der Waals surface area contributed by atoms with E-state index in [2.05, 4.69) is 26.1 Å². The van der Waals surface area contributed by atoms with Crippen LogP contribution in [0.1, 0.15) is 19.2 Å². The maximum atomic E-state index is 13.2. The van der Waals surface area contributed by atoms with Gasteiger partial charge in [-0.2, -0.15) is 4.98 Å². The topological polar surface area (TPSA) is 59.2 Å². The van der Waals surface area contributed by atoms with Crippen molar-refractivity contribution >= 4 is 15.9 Å². The molecule has 2 rings (SSSR count). The number of halogens is 2. The van der Waals surface area contributed by atoms with Crippen LogP contribution in [0.4, 0.5) is 4.39 Å². The molecule has 1 N–H and O–H groups in total. The number of nitrogens with zero attached hydrogens (tertiary/aromatic N) is 2. The summed E-state index contributed by atoms with van der Waals surface area (Å²) >= 11 is 3.31. The highest BCUT2D eigenvalue weighted by molar-refractivity contribution is 9.10. The van der Waals surface area contributed by atoms with Gasteiger partial charge in [-0.15, -0.1) is 0 Å². The summed E-state index contributed by atoms with van der Waals surface area (Å²) in [5.74, 6) is 0.410. The van der Waals surface area contributed by atoms with Crippen molar-refractivity contribution in [2.45, 2.75) is 25.9 Å². The van der Waals surface area contributed by atoms with Crippen molar-refractivity contribution in [2.24, 2.45) is 0 Å². The van der Waals surface area contributed by atoms with Gasteiger partial charge < -0.3 is 9.63 Å². The average molecular weight is 315 g/mol. The molecule has 1 heterocycles. The van der Waals surface area contributed by atoms with E-state index in [1.807, 2.05) is 0 Å². The summed E-state index contributed by atoms with van der Waals surface area (Å²) in [6, 6.07) is 4.28. The van der Waals surface area contributed by atoms with E-state index in [0.717, 1.165) is 0 Å². The van der Waals surface area contributed by atoms with Crippen LogP contribution < -0.4 is 0 Å². The van der Waals surface area contributed by atoms with Crippen LogP contribution in [-0.4, -0.2) is 21.4 Å². The van der Waals surface area contributed by atoms with Crippen LogP contribution in [0.25, 0.3) is 11.4 Å². The summed E-state index contributed by atoms with van der Waals surface area (Å²) in [5, 5.41) is 13.0. The zero-order chi connectivity index (χ0) is 13.1. The van der Waals surface area contributed by atoms with Crippen LogP contribution in [0, 0.1) is 5.82 Å². The minimum atomic E-state index is -0.416. The van der Waals surface area contributed by atoms with Gasteiger partial charge in [0, 0.05) is 16.5 Å². The lowest BCUT2D eigenvalue weighted by Gasteiger charge is -1.99. The number of aryl methyl sites for hydroxylation is 1. The molecule has 4 nitrogen and oxygen atoms in total. The molecule has 1 aromatic carbocycles. The number of aromatic nitrogens is 2. The summed E-state index contributed by atoms with van der Waals surface area (Å²) in [6.07, 6.45) is 0.630. The Morgan fingerprint density at radius 3 is 3.00 bits per heavy atom. The number of benzene rings is 1. The molecule has 0 fully saturated rings. The molecule has 1 unspecified atom stereocenters. The highest BCUT2D eigenvalue weighted by Gasteiger charge is 2.13. The second-order valence-electron chi connectivity index (χ2n) is 4.02. The molecule has 96 valence electrons. The Morgan fingerprint density at radius 2 is 2.28 bits per heavy atom. The van der Waals surface area contributed by atoms with Crippen molar-refractivity contribution in [3.8, 4) is 11.4 Å². The van der Waals surface area contributed by atoms with Gasteiger partial charge in [0.2, 0.25) is 11.7 Å². The number of hydrogen-bond acceptors (Lipinski definition) is 4. The fraction of sp³-hybridized carbons (Fsp3) is 0.333. The largest absolute Gasteiger partial charge is 0.393 e. The third-order valence-corrected chi connectivity index (χ3v) is 3.10. The summed E-state index contributed by atoms with van der Waals surface area (Å²) in [4.78, 5) is 4.17. The summed E-state index contributed by atoms with van der Waals surface area (Å²) < 4.78 is 18.9. The highest BCUT2D eigenvalue weighted by atomic mass is 79.9. The Labute approximate surface area is 112 Å². The molecule has 18 heavy (non-hydrogen) atoms. The molecule has 0 spiro atoms. The zero-order valence-corrected chi connectivity index (χ0v) is 11.3. The van der Waals surface area contributed by atoms with E-state index in [1.54, 1.807) is 13.0 Å². The van der Waals surface area contributed by atoms with Gasteiger partial charge in [0.15, 0.2) is 0 Å².